The summed E-state index contributed by atoms with van der Waals surface area (Å²) in [6, 6.07) is 8.74. The lowest BCUT2D eigenvalue weighted by Crippen LogP contribution is -2.13. The van der Waals surface area contributed by atoms with Gasteiger partial charge in [0.15, 0.2) is 5.90 Å². The van der Waals surface area contributed by atoms with Crippen LogP contribution in [0.1, 0.15) is 11.1 Å². The molecule has 2 N–H and O–H groups in total. The van der Waals surface area contributed by atoms with Crippen molar-refractivity contribution in [3.63, 3.8) is 0 Å². The van der Waals surface area contributed by atoms with Crippen molar-refractivity contribution in [1.82, 2.24) is 0 Å². The van der Waals surface area contributed by atoms with E-state index in [4.69, 9.17) is 10.5 Å². The van der Waals surface area contributed by atoms with Gasteiger partial charge in [0.25, 0.3) is 0 Å². The molecular weight excluding hydrogens is 188 g/mol. The minimum absolute atomic E-state index is 0.241. The molecule has 0 aliphatic carbocycles. The largest absolute Gasteiger partial charge is 0.478 e. The predicted molar refractivity (Wildman–Crippen MR) is 61.1 cm³/mol. The van der Waals surface area contributed by atoms with Gasteiger partial charge in [-0.15, -0.1) is 0 Å². The van der Waals surface area contributed by atoms with Crippen LogP contribution in [0.2, 0.25) is 0 Å². The van der Waals surface area contributed by atoms with Crippen LogP contribution in [0.4, 0.5) is 0 Å². The van der Waals surface area contributed by atoms with Crippen LogP contribution in [0.3, 0.4) is 0 Å². The van der Waals surface area contributed by atoms with Crippen molar-refractivity contribution in [1.29, 1.82) is 0 Å². The maximum absolute atomic E-state index is 5.46. The van der Waals surface area contributed by atoms with Crippen molar-refractivity contribution in [3.05, 3.63) is 35.4 Å². The number of aliphatic imine (C=N–C) groups is 1. The molecule has 1 aliphatic rings. The summed E-state index contributed by atoms with van der Waals surface area (Å²) in [4.78, 5) is 4.40. The lowest BCUT2D eigenvalue weighted by molar-refractivity contribution is 0.312. The zero-order valence-corrected chi connectivity index (χ0v) is 8.94. The van der Waals surface area contributed by atoms with Crippen molar-refractivity contribution >= 4 is 5.90 Å². The highest BCUT2D eigenvalue weighted by atomic mass is 16.5. The molecule has 0 aromatic heterocycles. The van der Waals surface area contributed by atoms with Gasteiger partial charge in [-0.05, 0) is 18.9 Å². The average molecular weight is 204 g/mol. The molecule has 0 bridgehead atoms. The van der Waals surface area contributed by atoms with Crippen LogP contribution >= 0.6 is 0 Å². The highest BCUT2D eigenvalue weighted by Crippen LogP contribution is 2.12. The molecule has 1 unspecified atom stereocenters. The van der Waals surface area contributed by atoms with Gasteiger partial charge in [-0.2, -0.15) is 0 Å². The van der Waals surface area contributed by atoms with Crippen molar-refractivity contribution in [3.8, 4) is 0 Å². The fourth-order valence-electron chi connectivity index (χ4n) is 1.80. The molecule has 1 aromatic carbocycles. The lowest BCUT2D eigenvalue weighted by atomic mass is 10.1. The molecular formula is C12H16N2O. The van der Waals surface area contributed by atoms with E-state index in [-0.39, 0.29) is 6.04 Å². The quantitative estimate of drug-likeness (QED) is 0.806. The smallest absolute Gasteiger partial charge is 0.197 e. The van der Waals surface area contributed by atoms with E-state index < -0.39 is 0 Å². The van der Waals surface area contributed by atoms with Crippen LogP contribution in [0.5, 0.6) is 0 Å². The Hall–Kier alpha value is -1.35. The van der Waals surface area contributed by atoms with Crippen LogP contribution in [0, 0.1) is 6.92 Å². The second-order valence-corrected chi connectivity index (χ2v) is 3.88. The standard InChI is InChI=1S/C12H16N2O/c1-9-3-2-4-10(5-9)6-11-8-15-12(7-13)14-11/h2-5,11H,6-8,13H2,1H3. The van der Waals surface area contributed by atoms with E-state index in [0.717, 1.165) is 6.42 Å². The van der Waals surface area contributed by atoms with Crippen molar-refractivity contribution in [2.75, 3.05) is 13.2 Å². The topological polar surface area (TPSA) is 47.6 Å². The summed E-state index contributed by atoms with van der Waals surface area (Å²) in [5.41, 5.74) is 8.06. The Bertz CT molecular complexity index is 374. The van der Waals surface area contributed by atoms with Gasteiger partial charge in [-0.25, -0.2) is 4.99 Å². The van der Waals surface area contributed by atoms with Gasteiger partial charge in [0, 0.05) is 0 Å². The molecule has 1 atom stereocenters. The summed E-state index contributed by atoms with van der Waals surface area (Å²) in [6.07, 6.45) is 0.936. The molecule has 0 saturated heterocycles. The summed E-state index contributed by atoms with van der Waals surface area (Å²) < 4.78 is 5.34. The molecule has 1 aliphatic heterocycles. The Labute approximate surface area is 90.0 Å². The van der Waals surface area contributed by atoms with E-state index in [2.05, 4.69) is 36.2 Å². The van der Waals surface area contributed by atoms with Gasteiger partial charge in [-0.1, -0.05) is 29.8 Å². The maximum Gasteiger partial charge on any atom is 0.197 e. The minimum atomic E-state index is 0.241. The van der Waals surface area contributed by atoms with Crippen molar-refractivity contribution in [2.45, 2.75) is 19.4 Å². The van der Waals surface area contributed by atoms with Crippen molar-refractivity contribution < 1.29 is 4.74 Å². The van der Waals surface area contributed by atoms with Crippen molar-refractivity contribution in [2.24, 2.45) is 10.7 Å². The molecule has 0 spiro atoms. The van der Waals surface area contributed by atoms with Crippen LogP contribution in [-0.2, 0) is 11.2 Å². The van der Waals surface area contributed by atoms with E-state index in [1.165, 1.54) is 11.1 Å². The molecule has 0 saturated carbocycles. The number of nitrogens with zero attached hydrogens (tertiary/aromatic N) is 1. The van der Waals surface area contributed by atoms with Gasteiger partial charge >= 0.3 is 0 Å². The second kappa shape index (κ2) is 4.45. The van der Waals surface area contributed by atoms with Gasteiger partial charge in [0.05, 0.1) is 12.6 Å². The molecule has 3 nitrogen and oxygen atoms in total. The Morgan fingerprint density at radius 3 is 3.07 bits per heavy atom. The number of hydrogen-bond donors (Lipinski definition) is 1. The molecule has 3 heteroatoms. The SMILES string of the molecule is Cc1cccc(CC2COC(CN)=N2)c1. The number of benzene rings is 1. The first-order valence-electron chi connectivity index (χ1n) is 5.23. The predicted octanol–water partition coefficient (Wildman–Crippen LogP) is 1.29. The Balaban J connectivity index is 2.01. The number of aryl methyl sites for hydroxylation is 1. The fourth-order valence-corrected chi connectivity index (χ4v) is 1.80. The molecule has 1 heterocycles. The third kappa shape index (κ3) is 2.57. The number of ether oxygens (including phenoxy) is 1. The van der Waals surface area contributed by atoms with E-state index in [9.17, 15) is 0 Å². The first kappa shape index (κ1) is 10.2. The van der Waals surface area contributed by atoms with Crippen LogP contribution in [-0.4, -0.2) is 25.1 Å². The normalized spacial score (nSPS) is 19.9. The third-order valence-corrected chi connectivity index (χ3v) is 2.50. The molecule has 1 aromatic rings. The monoisotopic (exact) mass is 204 g/mol. The Morgan fingerprint density at radius 2 is 2.40 bits per heavy atom. The Morgan fingerprint density at radius 1 is 1.53 bits per heavy atom. The maximum atomic E-state index is 5.46. The van der Waals surface area contributed by atoms with E-state index in [1.54, 1.807) is 0 Å². The van der Waals surface area contributed by atoms with Gasteiger partial charge in [-0.3, -0.25) is 0 Å². The van der Waals surface area contributed by atoms with Gasteiger partial charge < -0.3 is 10.5 Å². The molecule has 0 radical (unpaired) electrons. The summed E-state index contributed by atoms with van der Waals surface area (Å²) in [6.45, 7) is 3.17. The van der Waals surface area contributed by atoms with Gasteiger partial charge in [0.1, 0.15) is 6.61 Å². The van der Waals surface area contributed by atoms with Crippen LogP contribution in [0.25, 0.3) is 0 Å². The summed E-state index contributed by atoms with van der Waals surface area (Å²) >= 11 is 0. The zero-order valence-electron chi connectivity index (χ0n) is 8.94. The van der Waals surface area contributed by atoms with E-state index in [1.807, 2.05) is 0 Å². The number of hydrogen-bond acceptors (Lipinski definition) is 3. The second-order valence-electron chi connectivity index (χ2n) is 3.88. The lowest BCUT2D eigenvalue weighted by Gasteiger charge is -2.05. The molecule has 80 valence electrons. The van der Waals surface area contributed by atoms with Gasteiger partial charge in [0.2, 0.25) is 0 Å². The van der Waals surface area contributed by atoms with Crippen LogP contribution < -0.4 is 5.73 Å². The molecule has 2 rings (SSSR count). The highest BCUT2D eigenvalue weighted by molar-refractivity contribution is 5.79. The third-order valence-electron chi connectivity index (χ3n) is 2.50. The van der Waals surface area contributed by atoms with E-state index >= 15 is 0 Å². The minimum Gasteiger partial charge on any atom is -0.478 e. The number of nitrogens with two attached hydrogens (primary N) is 1. The highest BCUT2D eigenvalue weighted by Gasteiger charge is 2.17. The summed E-state index contributed by atoms with van der Waals surface area (Å²) in [5.74, 6) is 0.688. The first-order valence-corrected chi connectivity index (χ1v) is 5.23. The summed E-state index contributed by atoms with van der Waals surface area (Å²) in [5, 5.41) is 0. The Kier molecular flexibility index (Phi) is 3.02. The molecule has 0 amide bonds. The molecule has 0 fully saturated rings. The van der Waals surface area contributed by atoms with E-state index in [0.29, 0.717) is 19.0 Å². The molecule has 15 heavy (non-hydrogen) atoms. The fraction of sp³-hybridized carbons (Fsp3) is 0.417. The average Bonchev–Trinajstić information content (AvgIpc) is 2.65. The van der Waals surface area contributed by atoms with Crippen LogP contribution in [0.15, 0.2) is 29.3 Å². The zero-order chi connectivity index (χ0) is 10.7. The summed E-state index contributed by atoms with van der Waals surface area (Å²) in [7, 11) is 0. The number of rotatable bonds is 3. The first-order chi connectivity index (χ1) is 7.28.